The van der Waals surface area contributed by atoms with Crippen LogP contribution in [0.15, 0.2) is 48.5 Å². The molecule has 7 nitrogen and oxygen atoms in total. The number of carbonyl (C=O) groups excluding carboxylic acids is 3. The summed E-state index contributed by atoms with van der Waals surface area (Å²) < 4.78 is 10.7. The van der Waals surface area contributed by atoms with Crippen LogP contribution in [0.25, 0.3) is 0 Å². The van der Waals surface area contributed by atoms with E-state index in [1.54, 1.807) is 55.6 Å². The fourth-order valence-corrected chi connectivity index (χ4v) is 4.44. The molecule has 2 N–H and O–H groups in total. The van der Waals surface area contributed by atoms with Gasteiger partial charge in [0.2, 0.25) is 5.91 Å². The molecule has 2 amide bonds. The van der Waals surface area contributed by atoms with Crippen LogP contribution in [0.2, 0.25) is 0 Å². The number of amides is 2. The Bertz CT molecular complexity index is 962. The van der Waals surface area contributed by atoms with Crippen LogP contribution >= 0.6 is 0 Å². The molecule has 0 unspecified atom stereocenters. The highest BCUT2D eigenvalue weighted by atomic mass is 16.6. The van der Waals surface area contributed by atoms with E-state index in [1.807, 2.05) is 0 Å². The van der Waals surface area contributed by atoms with Gasteiger partial charge in [0.1, 0.15) is 11.4 Å². The monoisotopic (exact) mass is 422 g/mol. The molecular weight excluding hydrogens is 396 g/mol. The first-order valence-electron chi connectivity index (χ1n) is 10.6. The van der Waals surface area contributed by atoms with Crippen LogP contribution in [0.1, 0.15) is 48.9 Å². The molecule has 2 fully saturated rings. The van der Waals surface area contributed by atoms with E-state index in [9.17, 15) is 14.4 Å². The molecular formula is C24H26N2O5. The van der Waals surface area contributed by atoms with Crippen LogP contribution in [0.3, 0.4) is 0 Å². The van der Waals surface area contributed by atoms with Crippen LogP contribution in [0, 0.1) is 5.92 Å². The van der Waals surface area contributed by atoms with Gasteiger partial charge < -0.3 is 20.1 Å². The summed E-state index contributed by atoms with van der Waals surface area (Å²) in [5.74, 6) is -0.518. The summed E-state index contributed by atoms with van der Waals surface area (Å²) in [6.07, 6.45) is 4.63. The van der Waals surface area contributed by atoms with Gasteiger partial charge in [-0.15, -0.1) is 0 Å². The third-order valence-corrected chi connectivity index (χ3v) is 6.10. The number of esters is 1. The number of benzene rings is 2. The van der Waals surface area contributed by atoms with Crippen molar-refractivity contribution in [2.45, 2.75) is 44.1 Å². The number of hydrogen-bond donors (Lipinski definition) is 2. The van der Waals surface area contributed by atoms with Crippen LogP contribution in [-0.2, 0) is 14.3 Å². The molecule has 1 saturated heterocycles. The van der Waals surface area contributed by atoms with Crippen molar-refractivity contribution in [2.24, 2.45) is 5.92 Å². The molecule has 1 saturated carbocycles. The van der Waals surface area contributed by atoms with Crippen molar-refractivity contribution in [3.63, 3.8) is 0 Å². The van der Waals surface area contributed by atoms with Crippen LogP contribution in [0.4, 0.5) is 11.4 Å². The molecule has 1 heterocycles. The van der Waals surface area contributed by atoms with Crippen LogP contribution in [-0.4, -0.2) is 30.5 Å². The van der Waals surface area contributed by atoms with Crippen LogP contribution in [0.5, 0.6) is 5.75 Å². The van der Waals surface area contributed by atoms with Crippen molar-refractivity contribution in [2.75, 3.05) is 17.7 Å². The first-order chi connectivity index (χ1) is 15.0. The minimum Gasteiger partial charge on any atom is -0.497 e. The van der Waals surface area contributed by atoms with Gasteiger partial charge >= 0.3 is 5.97 Å². The molecule has 1 spiro atoms. The van der Waals surface area contributed by atoms with Gasteiger partial charge in [-0.05, 0) is 74.2 Å². The summed E-state index contributed by atoms with van der Waals surface area (Å²) in [6.45, 7) is 0. The van der Waals surface area contributed by atoms with Gasteiger partial charge in [-0.25, -0.2) is 0 Å². The van der Waals surface area contributed by atoms with Crippen LogP contribution < -0.4 is 15.4 Å². The molecule has 31 heavy (non-hydrogen) atoms. The lowest BCUT2D eigenvalue weighted by atomic mass is 9.75. The number of carbonyl (C=O) groups is 3. The van der Waals surface area contributed by atoms with Gasteiger partial charge in [0.05, 0.1) is 19.4 Å². The second-order valence-electron chi connectivity index (χ2n) is 8.11. The first kappa shape index (κ1) is 20.9. The summed E-state index contributed by atoms with van der Waals surface area (Å²) in [5, 5.41) is 5.71. The largest absolute Gasteiger partial charge is 0.497 e. The van der Waals surface area contributed by atoms with Crippen molar-refractivity contribution in [3.8, 4) is 5.75 Å². The molecule has 0 radical (unpaired) electrons. The Kier molecular flexibility index (Phi) is 5.93. The maximum Gasteiger partial charge on any atom is 0.307 e. The van der Waals surface area contributed by atoms with E-state index in [0.717, 1.165) is 32.1 Å². The fraction of sp³-hybridized carbons (Fsp3) is 0.375. The Balaban J connectivity index is 1.39. The summed E-state index contributed by atoms with van der Waals surface area (Å²) >= 11 is 0. The third kappa shape index (κ3) is 4.55. The van der Waals surface area contributed by atoms with Crippen molar-refractivity contribution in [1.82, 2.24) is 0 Å². The molecule has 2 aliphatic rings. The molecule has 1 aliphatic carbocycles. The number of rotatable bonds is 5. The minimum absolute atomic E-state index is 0.119. The number of hydrogen-bond acceptors (Lipinski definition) is 5. The lowest BCUT2D eigenvalue weighted by Crippen LogP contribution is -2.43. The molecule has 1 aliphatic heterocycles. The molecule has 2 aromatic carbocycles. The zero-order chi connectivity index (χ0) is 21.8. The zero-order valence-electron chi connectivity index (χ0n) is 17.5. The highest BCUT2D eigenvalue weighted by Gasteiger charge is 2.52. The van der Waals surface area contributed by atoms with Gasteiger partial charge in [-0.2, -0.15) is 0 Å². The standard InChI is InChI=1S/C24H26N2O5/c1-30-19-11-9-18(10-12-19)25-22(28)16-5-7-17(8-6-16)26-23(29)20-15-21(27)31-24(20)13-3-2-4-14-24/h5-12,20H,2-4,13-15H2,1H3,(H,25,28)(H,26,29)/t20-/m1/s1. The van der Waals surface area contributed by atoms with Gasteiger partial charge in [-0.3, -0.25) is 14.4 Å². The van der Waals surface area contributed by atoms with E-state index in [1.165, 1.54) is 0 Å². The van der Waals surface area contributed by atoms with Gasteiger partial charge in [-0.1, -0.05) is 6.42 Å². The molecule has 2 aromatic rings. The lowest BCUT2D eigenvalue weighted by Gasteiger charge is -2.36. The highest BCUT2D eigenvalue weighted by molar-refractivity contribution is 6.05. The number of ether oxygens (including phenoxy) is 2. The molecule has 0 aromatic heterocycles. The molecule has 0 bridgehead atoms. The number of anilines is 2. The van der Waals surface area contributed by atoms with E-state index in [0.29, 0.717) is 22.7 Å². The lowest BCUT2D eigenvalue weighted by molar-refractivity contribution is -0.153. The van der Waals surface area contributed by atoms with E-state index in [2.05, 4.69) is 10.6 Å². The summed E-state index contributed by atoms with van der Waals surface area (Å²) in [5.41, 5.74) is 1.05. The smallest absolute Gasteiger partial charge is 0.307 e. The maximum atomic E-state index is 12.9. The van der Waals surface area contributed by atoms with Gasteiger partial charge in [0, 0.05) is 16.9 Å². The molecule has 162 valence electrons. The number of nitrogens with one attached hydrogen (secondary N) is 2. The third-order valence-electron chi connectivity index (χ3n) is 6.10. The molecule has 4 rings (SSSR count). The van der Waals surface area contributed by atoms with E-state index in [4.69, 9.17) is 9.47 Å². The zero-order valence-corrected chi connectivity index (χ0v) is 17.5. The Morgan fingerprint density at radius 1 is 0.935 bits per heavy atom. The Morgan fingerprint density at radius 2 is 1.55 bits per heavy atom. The molecule has 7 heteroatoms. The van der Waals surface area contributed by atoms with Gasteiger partial charge in [0.15, 0.2) is 0 Å². The maximum absolute atomic E-state index is 12.9. The van der Waals surface area contributed by atoms with Crippen molar-refractivity contribution < 1.29 is 23.9 Å². The molecule has 1 atom stereocenters. The second kappa shape index (κ2) is 8.79. The van der Waals surface area contributed by atoms with E-state index < -0.39 is 11.5 Å². The fourth-order valence-electron chi connectivity index (χ4n) is 4.44. The normalized spacial score (nSPS) is 19.5. The summed E-state index contributed by atoms with van der Waals surface area (Å²) in [4.78, 5) is 37.3. The van der Waals surface area contributed by atoms with Crippen molar-refractivity contribution >= 4 is 29.2 Å². The minimum atomic E-state index is -0.655. The average Bonchev–Trinajstić information content (AvgIpc) is 3.10. The van der Waals surface area contributed by atoms with E-state index >= 15 is 0 Å². The SMILES string of the molecule is COc1ccc(NC(=O)c2ccc(NC(=O)[C@H]3CC(=O)OC34CCCCC4)cc2)cc1. The Labute approximate surface area is 181 Å². The summed E-state index contributed by atoms with van der Waals surface area (Å²) in [7, 11) is 1.58. The van der Waals surface area contributed by atoms with Gasteiger partial charge in [0.25, 0.3) is 5.91 Å². The average molecular weight is 422 g/mol. The predicted octanol–water partition coefficient (Wildman–Crippen LogP) is 4.15. The van der Waals surface area contributed by atoms with E-state index in [-0.39, 0.29) is 24.2 Å². The van der Waals surface area contributed by atoms with Crippen molar-refractivity contribution in [3.05, 3.63) is 54.1 Å². The van der Waals surface area contributed by atoms with Crippen molar-refractivity contribution in [1.29, 1.82) is 0 Å². The Hall–Kier alpha value is -3.35. The topological polar surface area (TPSA) is 93.7 Å². The highest BCUT2D eigenvalue weighted by Crippen LogP contribution is 2.44. The number of methoxy groups -OCH3 is 1. The Morgan fingerprint density at radius 3 is 2.19 bits per heavy atom. The summed E-state index contributed by atoms with van der Waals surface area (Å²) in [6, 6.07) is 13.7. The quantitative estimate of drug-likeness (QED) is 0.706. The predicted molar refractivity (Wildman–Crippen MR) is 116 cm³/mol. The first-order valence-corrected chi connectivity index (χ1v) is 10.6. The second-order valence-corrected chi connectivity index (χ2v) is 8.11.